The monoisotopic (exact) mass is 503 g/mol. The molecule has 0 bridgehead atoms. The minimum absolute atomic E-state index is 0.124. The van der Waals surface area contributed by atoms with Crippen LogP contribution in [0.3, 0.4) is 0 Å². The van der Waals surface area contributed by atoms with Crippen molar-refractivity contribution in [2.24, 2.45) is 0 Å². The van der Waals surface area contributed by atoms with Crippen molar-refractivity contribution in [3.8, 4) is 22.6 Å². The van der Waals surface area contributed by atoms with Gasteiger partial charge in [0.1, 0.15) is 17.9 Å². The number of pyridine rings is 2. The number of fused-ring (bicyclic) bond motifs is 3. The summed E-state index contributed by atoms with van der Waals surface area (Å²) in [6, 6.07) is 7.20. The molecule has 13 heteroatoms. The van der Waals surface area contributed by atoms with Crippen molar-refractivity contribution >= 4 is 17.9 Å². The van der Waals surface area contributed by atoms with Crippen LogP contribution in [0.25, 0.3) is 16.8 Å². The van der Waals surface area contributed by atoms with Gasteiger partial charge in [-0.15, -0.1) is 10.2 Å². The number of rotatable bonds is 1. The van der Waals surface area contributed by atoms with Crippen molar-refractivity contribution in [1.82, 2.24) is 19.6 Å². The van der Waals surface area contributed by atoms with E-state index in [9.17, 15) is 17.6 Å². The van der Waals surface area contributed by atoms with E-state index in [2.05, 4.69) is 20.5 Å². The third kappa shape index (κ3) is 3.91. The minimum atomic E-state index is -4.66. The van der Waals surface area contributed by atoms with E-state index in [4.69, 9.17) is 19.4 Å². The van der Waals surface area contributed by atoms with Crippen LogP contribution >= 0.6 is 0 Å². The van der Waals surface area contributed by atoms with Gasteiger partial charge < -0.3 is 19.9 Å². The number of carbonyl (C=O) groups is 1. The van der Waals surface area contributed by atoms with Crippen LogP contribution < -0.4 is 14.8 Å². The lowest BCUT2D eigenvalue weighted by Gasteiger charge is -2.18. The summed E-state index contributed by atoms with van der Waals surface area (Å²) in [5.41, 5.74) is 0.374. The number of hydrogen-bond donors (Lipinski definition) is 2. The molecule has 0 saturated carbocycles. The molecule has 0 aliphatic carbocycles. The van der Waals surface area contributed by atoms with Crippen LogP contribution in [-0.4, -0.2) is 44.4 Å². The first kappa shape index (κ1) is 23.3. The van der Waals surface area contributed by atoms with Crippen molar-refractivity contribution in [3.05, 3.63) is 65.5 Å². The van der Waals surface area contributed by atoms with E-state index < -0.39 is 11.9 Å². The van der Waals surface area contributed by atoms with Crippen LogP contribution in [0.4, 0.5) is 23.4 Å². The summed E-state index contributed by atoms with van der Waals surface area (Å²) in [7, 11) is 0. The van der Waals surface area contributed by atoms with Crippen molar-refractivity contribution in [3.63, 3.8) is 0 Å². The highest BCUT2D eigenvalue weighted by Crippen LogP contribution is 2.43. The van der Waals surface area contributed by atoms with E-state index in [1.807, 2.05) is 0 Å². The zero-order valence-electron chi connectivity index (χ0n) is 18.3. The molecule has 0 unspecified atom stereocenters. The fourth-order valence-electron chi connectivity index (χ4n) is 4.43. The van der Waals surface area contributed by atoms with Gasteiger partial charge in [0.05, 0.1) is 19.1 Å². The van der Waals surface area contributed by atoms with Crippen LogP contribution in [-0.2, 0) is 17.5 Å². The topological polar surface area (TPSA) is 111 Å². The summed E-state index contributed by atoms with van der Waals surface area (Å²) in [4.78, 5) is 11.9. The largest absolute Gasteiger partial charge is 0.493 e. The molecule has 3 aromatic heterocycles. The molecule has 0 saturated heterocycles. The first-order chi connectivity index (χ1) is 17.3. The minimum Gasteiger partial charge on any atom is -0.493 e. The summed E-state index contributed by atoms with van der Waals surface area (Å²) in [6.45, 7) is 0.354. The second-order valence-corrected chi connectivity index (χ2v) is 7.91. The average molecular weight is 503 g/mol. The second kappa shape index (κ2) is 8.98. The van der Waals surface area contributed by atoms with Crippen molar-refractivity contribution in [1.29, 1.82) is 0 Å². The lowest BCUT2D eigenvalue weighted by Crippen LogP contribution is -2.13. The van der Waals surface area contributed by atoms with E-state index in [-0.39, 0.29) is 53.9 Å². The van der Waals surface area contributed by atoms with E-state index in [0.29, 0.717) is 23.7 Å². The van der Waals surface area contributed by atoms with Gasteiger partial charge in [0, 0.05) is 35.0 Å². The van der Waals surface area contributed by atoms with Gasteiger partial charge in [0.2, 0.25) is 0 Å². The SMILES string of the molecule is Fc1ccc2c3c1CNc1c(cc(-c4cccnc4C(F)(F)F)c4nncn14)OC[C@H]3CO2.O=CO. The Morgan fingerprint density at radius 1 is 1.14 bits per heavy atom. The molecule has 4 aromatic rings. The standard InChI is InChI=1S/C22H15F4N5O2.CH2O2/c23-15-3-4-16-18-11(8-32-16)9-33-17-6-13(12-2-1-5-27-19(12)22(24,25)26)20-30-29-10-31(20)21(17)28-7-14(15)18;2-1-3/h1-6,10-11,28H,7-9H2;1H,(H,2,3)/t11-;/m1./s1. The molecular formula is C23H17F4N5O4. The van der Waals surface area contributed by atoms with Crippen LogP contribution in [0, 0.1) is 5.82 Å². The highest BCUT2D eigenvalue weighted by atomic mass is 19.4. The van der Waals surface area contributed by atoms with Crippen molar-refractivity contribution in [2.75, 3.05) is 18.5 Å². The molecule has 186 valence electrons. The summed E-state index contributed by atoms with van der Waals surface area (Å²) >= 11 is 0. The number of carboxylic acid groups (broad SMARTS) is 1. The Morgan fingerprint density at radius 3 is 2.64 bits per heavy atom. The predicted molar refractivity (Wildman–Crippen MR) is 117 cm³/mol. The number of halogens is 4. The summed E-state index contributed by atoms with van der Waals surface area (Å²) < 4.78 is 68.9. The molecule has 0 spiro atoms. The fourth-order valence-corrected chi connectivity index (χ4v) is 4.43. The second-order valence-electron chi connectivity index (χ2n) is 7.91. The van der Waals surface area contributed by atoms with Crippen LogP contribution in [0.15, 0.2) is 42.9 Å². The van der Waals surface area contributed by atoms with Gasteiger partial charge in [-0.05, 0) is 24.3 Å². The zero-order chi connectivity index (χ0) is 25.4. The Labute approximate surface area is 200 Å². The van der Waals surface area contributed by atoms with E-state index >= 15 is 0 Å². The Bertz CT molecular complexity index is 1460. The molecule has 0 radical (unpaired) electrons. The normalized spacial score (nSPS) is 16.1. The molecule has 5 heterocycles. The van der Waals surface area contributed by atoms with Gasteiger partial charge in [-0.2, -0.15) is 13.2 Å². The quantitative estimate of drug-likeness (QED) is 0.295. The number of nitrogens with one attached hydrogen (secondary N) is 1. The molecule has 6 rings (SSSR count). The third-order valence-corrected chi connectivity index (χ3v) is 5.89. The number of aromatic nitrogens is 4. The third-order valence-electron chi connectivity index (χ3n) is 5.89. The van der Waals surface area contributed by atoms with Gasteiger partial charge in [0.15, 0.2) is 22.9 Å². The number of hydrogen-bond acceptors (Lipinski definition) is 7. The number of anilines is 1. The van der Waals surface area contributed by atoms with Crippen LogP contribution in [0.5, 0.6) is 11.5 Å². The molecule has 36 heavy (non-hydrogen) atoms. The van der Waals surface area contributed by atoms with Gasteiger partial charge >= 0.3 is 6.18 Å². The molecule has 1 atom stereocenters. The van der Waals surface area contributed by atoms with Crippen molar-refractivity contribution in [2.45, 2.75) is 18.6 Å². The Kier molecular flexibility index (Phi) is 5.82. The number of alkyl halides is 3. The first-order valence-electron chi connectivity index (χ1n) is 10.6. The highest BCUT2D eigenvalue weighted by Gasteiger charge is 2.37. The average Bonchev–Trinajstić information content (AvgIpc) is 3.50. The van der Waals surface area contributed by atoms with Crippen molar-refractivity contribution < 1.29 is 36.9 Å². The molecule has 0 amide bonds. The fraction of sp³-hybridized carbons (Fsp3) is 0.217. The smallest absolute Gasteiger partial charge is 0.433 e. The zero-order valence-corrected chi connectivity index (χ0v) is 18.3. The van der Waals surface area contributed by atoms with Gasteiger partial charge in [0.25, 0.3) is 6.47 Å². The van der Waals surface area contributed by atoms with E-state index in [0.717, 1.165) is 11.8 Å². The first-order valence-corrected chi connectivity index (χ1v) is 10.6. The van der Waals surface area contributed by atoms with Gasteiger partial charge in [-0.3, -0.25) is 14.2 Å². The maximum Gasteiger partial charge on any atom is 0.433 e. The summed E-state index contributed by atoms with van der Waals surface area (Å²) in [5.74, 6) is 0.711. The maximum atomic E-state index is 14.7. The lowest BCUT2D eigenvalue weighted by molar-refractivity contribution is -0.140. The number of benzene rings is 1. The highest BCUT2D eigenvalue weighted by molar-refractivity contribution is 5.83. The van der Waals surface area contributed by atoms with Crippen LogP contribution in [0.2, 0.25) is 0 Å². The lowest BCUT2D eigenvalue weighted by atomic mass is 9.96. The van der Waals surface area contributed by atoms with E-state index in [1.54, 1.807) is 6.07 Å². The Balaban J connectivity index is 0.000000848. The maximum absolute atomic E-state index is 14.7. The summed E-state index contributed by atoms with van der Waals surface area (Å²) in [5, 5.41) is 18.0. The molecule has 9 nitrogen and oxygen atoms in total. The number of nitrogens with zero attached hydrogens (tertiary/aromatic N) is 4. The Morgan fingerprint density at radius 2 is 1.89 bits per heavy atom. The van der Waals surface area contributed by atoms with Gasteiger partial charge in [-0.25, -0.2) is 4.39 Å². The predicted octanol–water partition coefficient (Wildman–Crippen LogP) is 4.13. The van der Waals surface area contributed by atoms with Crippen LogP contribution in [0.1, 0.15) is 22.7 Å². The molecule has 0 fully saturated rings. The van der Waals surface area contributed by atoms with E-state index in [1.165, 1.54) is 35.0 Å². The molecular weight excluding hydrogens is 486 g/mol. The Hall–Kier alpha value is -4.42. The summed E-state index contributed by atoms with van der Waals surface area (Å²) in [6.07, 6.45) is -2.20. The molecule has 2 aliphatic rings. The number of ether oxygens (including phenoxy) is 2. The molecule has 2 N–H and O–H groups in total. The molecule has 2 aliphatic heterocycles. The molecule has 1 aromatic carbocycles. The van der Waals surface area contributed by atoms with Gasteiger partial charge in [-0.1, -0.05) is 6.07 Å².